The van der Waals surface area contributed by atoms with Crippen LogP contribution in [0, 0.1) is 0 Å². The zero-order valence-electron chi connectivity index (χ0n) is 22.7. The number of Topliss-reactive ketones (excluding diaryl/α,β-unsaturated/α-hetero) is 1. The molecule has 0 saturated carbocycles. The maximum absolute atomic E-state index is 12.9. The Hall–Kier alpha value is -0.290. The Morgan fingerprint density at radius 3 is 2.14 bits per heavy atom. The van der Waals surface area contributed by atoms with Crippen molar-refractivity contribution in [1.82, 2.24) is 4.90 Å². The molecule has 1 heterocycles. The van der Waals surface area contributed by atoms with Crippen LogP contribution in [-0.4, -0.2) is 88.9 Å². The predicted octanol–water partition coefficient (Wildman–Crippen LogP) is 0.222. The summed E-state index contributed by atoms with van der Waals surface area (Å²) in [5.74, 6) is -0.516. The molecular weight excluding hydrogens is 491 g/mol. The van der Waals surface area contributed by atoms with Crippen molar-refractivity contribution in [3.8, 4) is 0 Å². The molecule has 1 aliphatic heterocycles. The molecule has 36 heavy (non-hydrogen) atoms. The van der Waals surface area contributed by atoms with Crippen LogP contribution in [0.15, 0.2) is 12.2 Å². The third kappa shape index (κ3) is 17.3. The van der Waals surface area contributed by atoms with Crippen molar-refractivity contribution in [1.29, 1.82) is 0 Å². The Morgan fingerprint density at radius 2 is 1.58 bits per heavy atom. The van der Waals surface area contributed by atoms with E-state index in [-0.39, 0.29) is 48.5 Å². The molecule has 0 aromatic heterocycles. The second-order valence-electron chi connectivity index (χ2n) is 9.62. The number of amidine groups is 1. The minimum atomic E-state index is -4.54. The van der Waals surface area contributed by atoms with Crippen LogP contribution < -0.4 is 29.6 Å². The summed E-state index contributed by atoms with van der Waals surface area (Å²) in [5.41, 5.74) is 0. The summed E-state index contributed by atoms with van der Waals surface area (Å²) >= 11 is 0. The number of carbonyl (C=O) groups is 1. The maximum atomic E-state index is 12.9. The number of allylic oxidation sites excluding steroid dienone is 2. The molecule has 0 spiro atoms. The Kier molecular flexibility index (Phi) is 21.4. The van der Waals surface area contributed by atoms with Gasteiger partial charge in [0.2, 0.25) is 5.78 Å². The Morgan fingerprint density at radius 1 is 1.03 bits per heavy atom. The van der Waals surface area contributed by atoms with E-state index in [9.17, 15) is 28.0 Å². The van der Waals surface area contributed by atoms with E-state index < -0.39 is 22.0 Å². The second-order valence-corrected chi connectivity index (χ2v) is 11.1. The number of unbranched alkanes of at least 4 members (excludes halogenated alkanes) is 11. The number of hydrogen-bond acceptors (Lipinski definition) is 7. The van der Waals surface area contributed by atoms with E-state index in [0.717, 1.165) is 19.3 Å². The maximum Gasteiger partial charge on any atom is 1.00 e. The van der Waals surface area contributed by atoms with Crippen molar-refractivity contribution in [3.05, 3.63) is 12.2 Å². The van der Waals surface area contributed by atoms with Gasteiger partial charge in [-0.15, -0.1) is 0 Å². The number of aliphatic hydroxyl groups excluding tert-OH is 2. The first kappa shape index (κ1) is 35.7. The van der Waals surface area contributed by atoms with Crippen molar-refractivity contribution < 1.29 is 62.1 Å². The zero-order valence-corrected chi connectivity index (χ0v) is 25.5. The Labute approximate surface area is 241 Å². The van der Waals surface area contributed by atoms with Crippen molar-refractivity contribution in [2.75, 3.05) is 38.5 Å². The average molecular weight is 540 g/mol. The van der Waals surface area contributed by atoms with Gasteiger partial charge in [-0.25, -0.2) is 8.42 Å². The molecule has 1 atom stereocenters. The molecule has 10 heteroatoms. The van der Waals surface area contributed by atoms with Gasteiger partial charge in [-0.2, -0.15) is 0 Å². The standard InChI is InChI=1S/C26H48N2O6S.Na/c1-2-3-4-5-6-7-8-9-10-11-12-13-14-15-16-17-25(31)26-27(20-21-29)18-19-28(26)22-24(30)23-35(32,33)34;/h6-7,24,29-30H,2-5,8-23H2,1H3;/q;+1/b7-6+;. The smallest absolute Gasteiger partial charge is 0.748 e. The van der Waals surface area contributed by atoms with E-state index in [1.54, 1.807) is 9.48 Å². The summed E-state index contributed by atoms with van der Waals surface area (Å²) in [5, 5.41) is 19.3. The van der Waals surface area contributed by atoms with Crippen LogP contribution in [0.1, 0.15) is 96.8 Å². The van der Waals surface area contributed by atoms with E-state index in [1.807, 2.05) is 0 Å². The third-order valence-electron chi connectivity index (χ3n) is 6.35. The fourth-order valence-corrected chi connectivity index (χ4v) is 5.11. The second kappa shape index (κ2) is 21.6. The Bertz CT molecular complexity index is 758. The van der Waals surface area contributed by atoms with Gasteiger partial charge in [-0.1, -0.05) is 70.4 Å². The summed E-state index contributed by atoms with van der Waals surface area (Å²) in [7, 11) is -4.54. The summed E-state index contributed by atoms with van der Waals surface area (Å²) in [6, 6.07) is 0. The van der Waals surface area contributed by atoms with E-state index in [1.165, 1.54) is 64.2 Å². The molecule has 0 saturated heterocycles. The summed E-state index contributed by atoms with van der Waals surface area (Å²) in [4.78, 5) is 14.7. The molecule has 0 bridgehead atoms. The summed E-state index contributed by atoms with van der Waals surface area (Å²) < 4.78 is 34.4. The predicted molar refractivity (Wildman–Crippen MR) is 139 cm³/mol. The van der Waals surface area contributed by atoms with Crippen LogP contribution >= 0.6 is 0 Å². The first-order valence-electron chi connectivity index (χ1n) is 13.6. The molecule has 0 aromatic rings. The minimum absolute atomic E-state index is 0. The van der Waals surface area contributed by atoms with Crippen LogP contribution in [0.25, 0.3) is 0 Å². The van der Waals surface area contributed by atoms with Crippen molar-refractivity contribution in [2.45, 2.75) is 103 Å². The number of aliphatic hydroxyl groups is 2. The fourth-order valence-electron chi connectivity index (χ4n) is 4.53. The molecule has 0 amide bonds. The Balaban J connectivity index is 0.0000122. The molecule has 8 nitrogen and oxygen atoms in total. The van der Waals surface area contributed by atoms with Gasteiger partial charge in [0.25, 0.3) is 0 Å². The van der Waals surface area contributed by atoms with Crippen molar-refractivity contribution in [3.63, 3.8) is 0 Å². The normalized spacial score (nSPS) is 15.1. The number of hydrogen-bond donors (Lipinski definition) is 2. The molecule has 1 rings (SSSR count). The largest absolute Gasteiger partial charge is 1.00 e. The van der Waals surface area contributed by atoms with Crippen LogP contribution in [0.2, 0.25) is 0 Å². The van der Waals surface area contributed by atoms with Gasteiger partial charge in [0, 0.05) is 6.42 Å². The van der Waals surface area contributed by atoms with Gasteiger partial charge >= 0.3 is 35.4 Å². The van der Waals surface area contributed by atoms with Crippen LogP contribution in [-0.2, 0) is 14.9 Å². The summed E-state index contributed by atoms with van der Waals surface area (Å²) in [6.45, 7) is 3.32. The number of β-amino-alcohol motifs (C(OH)–C–C–N with tert-alkyl or cyclic N) is 2. The molecule has 1 aliphatic rings. The first-order valence-corrected chi connectivity index (χ1v) is 15.1. The summed E-state index contributed by atoms with van der Waals surface area (Å²) in [6.07, 6.45) is 19.0. The number of ketones is 1. The van der Waals surface area contributed by atoms with Crippen LogP contribution in [0.5, 0.6) is 0 Å². The molecule has 1 unspecified atom stereocenters. The molecule has 0 aromatic carbocycles. The van der Waals surface area contributed by atoms with Gasteiger partial charge < -0.3 is 14.8 Å². The number of rotatable bonds is 22. The molecule has 204 valence electrons. The number of carbonyl (C=O) groups excluding carboxylic acids is 1. The third-order valence-corrected chi connectivity index (χ3v) is 7.14. The average Bonchev–Trinajstić information content (AvgIpc) is 3.17. The van der Waals surface area contributed by atoms with Crippen molar-refractivity contribution in [2.24, 2.45) is 0 Å². The topological polar surface area (TPSA) is 121 Å². The first-order chi connectivity index (χ1) is 16.8. The quantitative estimate of drug-likeness (QED) is 0.0664. The van der Waals surface area contributed by atoms with Gasteiger partial charge in [-0.3, -0.25) is 14.3 Å². The van der Waals surface area contributed by atoms with E-state index in [4.69, 9.17) is 0 Å². The van der Waals surface area contributed by atoms with Crippen LogP contribution in [0.3, 0.4) is 0 Å². The van der Waals surface area contributed by atoms with E-state index in [2.05, 4.69) is 19.1 Å². The molecule has 0 fully saturated rings. The van der Waals surface area contributed by atoms with Gasteiger partial charge in [0.1, 0.15) is 32.3 Å². The fraction of sp³-hybridized carbons (Fsp3) is 0.846. The van der Waals surface area contributed by atoms with Gasteiger partial charge in [-0.05, 0) is 32.1 Å². The van der Waals surface area contributed by atoms with Gasteiger partial charge in [0.15, 0.2) is 0 Å². The molecule has 0 radical (unpaired) electrons. The molecule has 0 aliphatic carbocycles. The zero-order chi connectivity index (χ0) is 25.9. The van der Waals surface area contributed by atoms with Crippen molar-refractivity contribution >= 4 is 21.7 Å². The molecular formula is C26H48N2NaO6S+. The number of nitrogens with zero attached hydrogens (tertiary/aromatic N) is 2. The van der Waals surface area contributed by atoms with Crippen LogP contribution in [0.4, 0.5) is 0 Å². The minimum Gasteiger partial charge on any atom is -0.748 e. The van der Waals surface area contributed by atoms with E-state index in [0.29, 0.717) is 31.9 Å². The molecule has 2 N–H and O–H groups in total. The SMILES string of the molecule is CCCCC/C=C/CCCCCCCCCCC(=O)C1=[N+](CC(O)CS(=O)(=O)[O-])CCN1CCO.[Na+]. The van der Waals surface area contributed by atoms with Gasteiger partial charge in [0.05, 0.1) is 22.5 Å². The van der Waals surface area contributed by atoms with E-state index >= 15 is 0 Å². The monoisotopic (exact) mass is 539 g/mol.